The number of phenols is 1. The number of carbonyl (C=O) groups is 2. The van der Waals surface area contributed by atoms with Gasteiger partial charge in [0.25, 0.3) is 0 Å². The van der Waals surface area contributed by atoms with Gasteiger partial charge >= 0.3 is 11.8 Å². The van der Waals surface area contributed by atoms with Crippen LogP contribution in [0.4, 0.5) is 5.69 Å². The topological polar surface area (TPSA) is 69.6 Å². The molecule has 1 atom stereocenters. The third kappa shape index (κ3) is 3.25. The maximum absolute atomic E-state index is 12.5. The summed E-state index contributed by atoms with van der Waals surface area (Å²) in [5, 5.41) is 11.9. The first-order chi connectivity index (χ1) is 11.6. The van der Waals surface area contributed by atoms with E-state index in [1.54, 1.807) is 29.2 Å². The number of para-hydroxylation sites is 1. The first kappa shape index (κ1) is 16.1. The number of carbonyl (C=O) groups excluding carboxylic acids is 2. The summed E-state index contributed by atoms with van der Waals surface area (Å²) in [4.78, 5) is 26.2. The zero-order valence-electron chi connectivity index (χ0n) is 13.5. The Labute approximate surface area is 140 Å². The summed E-state index contributed by atoms with van der Waals surface area (Å²) in [6, 6.07) is 14.5. The second-order valence-electron chi connectivity index (χ2n) is 6.03. The molecule has 2 aromatic rings. The molecular formula is C19H20N2O3. The van der Waals surface area contributed by atoms with Crippen LogP contribution in [0.25, 0.3) is 0 Å². The minimum atomic E-state index is -0.586. The summed E-state index contributed by atoms with van der Waals surface area (Å²) >= 11 is 0. The van der Waals surface area contributed by atoms with E-state index >= 15 is 0 Å². The van der Waals surface area contributed by atoms with Crippen LogP contribution in [-0.2, 0) is 22.4 Å². The molecule has 3 rings (SSSR count). The molecular weight excluding hydrogens is 304 g/mol. The number of fused-ring (bicyclic) bond motifs is 1. The molecule has 0 saturated carbocycles. The highest BCUT2D eigenvalue weighted by atomic mass is 16.3. The fraction of sp³-hybridized carbons (Fsp3) is 0.263. The fourth-order valence-corrected chi connectivity index (χ4v) is 3.04. The first-order valence-electron chi connectivity index (χ1n) is 8.03. The lowest BCUT2D eigenvalue weighted by Gasteiger charge is -2.22. The van der Waals surface area contributed by atoms with Crippen LogP contribution in [0.15, 0.2) is 48.5 Å². The van der Waals surface area contributed by atoms with Gasteiger partial charge in [-0.25, -0.2) is 0 Å². The summed E-state index contributed by atoms with van der Waals surface area (Å²) in [7, 11) is 0. The van der Waals surface area contributed by atoms with E-state index in [0.29, 0.717) is 13.0 Å². The maximum Gasteiger partial charge on any atom is 0.316 e. The highest BCUT2D eigenvalue weighted by Crippen LogP contribution is 2.31. The molecule has 0 spiro atoms. The SMILES string of the molecule is CC1Cc2ccccc2N1C(=O)C(=O)NCCc1ccc(O)cc1. The number of nitrogens with zero attached hydrogens (tertiary/aromatic N) is 1. The third-order valence-electron chi connectivity index (χ3n) is 4.26. The normalized spacial score (nSPS) is 15.9. The molecule has 0 aliphatic carbocycles. The minimum Gasteiger partial charge on any atom is -0.508 e. The molecule has 0 radical (unpaired) electrons. The van der Waals surface area contributed by atoms with Crippen molar-refractivity contribution < 1.29 is 14.7 Å². The summed E-state index contributed by atoms with van der Waals surface area (Å²) in [6.07, 6.45) is 1.37. The lowest BCUT2D eigenvalue weighted by Crippen LogP contribution is -2.46. The Morgan fingerprint density at radius 3 is 2.62 bits per heavy atom. The Bertz CT molecular complexity index is 755. The monoisotopic (exact) mass is 324 g/mol. The number of benzene rings is 2. The van der Waals surface area contributed by atoms with Crippen LogP contribution in [-0.4, -0.2) is 29.5 Å². The second-order valence-corrected chi connectivity index (χ2v) is 6.03. The predicted octanol–water partition coefficient (Wildman–Crippen LogP) is 2.03. The summed E-state index contributed by atoms with van der Waals surface area (Å²) in [5.74, 6) is -0.893. The number of hydrogen-bond acceptors (Lipinski definition) is 3. The first-order valence-corrected chi connectivity index (χ1v) is 8.03. The van der Waals surface area contributed by atoms with Gasteiger partial charge < -0.3 is 15.3 Å². The molecule has 5 heteroatoms. The average Bonchev–Trinajstić information content (AvgIpc) is 2.91. The highest BCUT2D eigenvalue weighted by Gasteiger charge is 2.33. The van der Waals surface area contributed by atoms with Crippen molar-refractivity contribution in [1.29, 1.82) is 0 Å². The largest absolute Gasteiger partial charge is 0.508 e. The summed E-state index contributed by atoms with van der Waals surface area (Å²) in [5.41, 5.74) is 2.90. The van der Waals surface area contributed by atoms with Gasteiger partial charge in [-0.3, -0.25) is 9.59 Å². The Morgan fingerprint density at radius 2 is 1.88 bits per heavy atom. The van der Waals surface area contributed by atoms with Crippen LogP contribution in [0.1, 0.15) is 18.1 Å². The summed E-state index contributed by atoms with van der Waals surface area (Å²) < 4.78 is 0. The number of anilines is 1. The molecule has 2 aromatic carbocycles. The van der Waals surface area contributed by atoms with Crippen LogP contribution in [0, 0.1) is 0 Å². The molecule has 2 N–H and O–H groups in total. The van der Waals surface area contributed by atoms with E-state index in [4.69, 9.17) is 0 Å². The molecule has 1 heterocycles. The van der Waals surface area contributed by atoms with Crippen LogP contribution in [0.5, 0.6) is 5.75 Å². The standard InChI is InChI=1S/C19H20N2O3/c1-13-12-15-4-2-3-5-17(15)21(13)19(24)18(23)20-11-10-14-6-8-16(22)9-7-14/h2-9,13,22H,10-12H2,1H3,(H,20,23). The molecule has 2 amide bonds. The zero-order valence-corrected chi connectivity index (χ0v) is 13.5. The van der Waals surface area contributed by atoms with Crippen molar-refractivity contribution in [2.24, 2.45) is 0 Å². The van der Waals surface area contributed by atoms with Crippen molar-refractivity contribution in [3.63, 3.8) is 0 Å². The average molecular weight is 324 g/mol. The van der Waals surface area contributed by atoms with E-state index in [1.165, 1.54) is 0 Å². The Kier molecular flexibility index (Phi) is 4.51. The number of amides is 2. The maximum atomic E-state index is 12.5. The van der Waals surface area contributed by atoms with Gasteiger partial charge in [0.2, 0.25) is 0 Å². The van der Waals surface area contributed by atoms with Crippen molar-refractivity contribution in [2.45, 2.75) is 25.8 Å². The minimum absolute atomic E-state index is 0.0160. The van der Waals surface area contributed by atoms with Gasteiger partial charge in [-0.05, 0) is 49.1 Å². The van der Waals surface area contributed by atoms with Crippen molar-refractivity contribution >= 4 is 17.5 Å². The number of nitrogens with one attached hydrogen (secondary N) is 1. The smallest absolute Gasteiger partial charge is 0.316 e. The third-order valence-corrected chi connectivity index (χ3v) is 4.26. The van der Waals surface area contributed by atoms with Crippen molar-refractivity contribution in [3.8, 4) is 5.75 Å². The number of rotatable bonds is 3. The second kappa shape index (κ2) is 6.74. The van der Waals surface area contributed by atoms with E-state index in [0.717, 1.165) is 23.2 Å². The predicted molar refractivity (Wildman–Crippen MR) is 91.9 cm³/mol. The lowest BCUT2D eigenvalue weighted by molar-refractivity contribution is -0.137. The van der Waals surface area contributed by atoms with E-state index in [1.807, 2.05) is 31.2 Å². The molecule has 5 nitrogen and oxygen atoms in total. The van der Waals surface area contributed by atoms with Crippen LogP contribution >= 0.6 is 0 Å². The molecule has 0 fully saturated rings. The molecule has 24 heavy (non-hydrogen) atoms. The molecule has 1 unspecified atom stereocenters. The Morgan fingerprint density at radius 1 is 1.17 bits per heavy atom. The summed E-state index contributed by atoms with van der Waals surface area (Å²) in [6.45, 7) is 2.32. The van der Waals surface area contributed by atoms with Gasteiger partial charge in [0.15, 0.2) is 0 Å². The molecule has 0 bridgehead atoms. The van der Waals surface area contributed by atoms with Crippen molar-refractivity contribution in [2.75, 3.05) is 11.4 Å². The van der Waals surface area contributed by atoms with Gasteiger partial charge in [-0.15, -0.1) is 0 Å². The lowest BCUT2D eigenvalue weighted by atomic mass is 10.1. The molecule has 1 aliphatic rings. The zero-order chi connectivity index (χ0) is 17.1. The van der Waals surface area contributed by atoms with E-state index in [9.17, 15) is 14.7 Å². The molecule has 0 saturated heterocycles. The van der Waals surface area contributed by atoms with Gasteiger partial charge in [0, 0.05) is 18.3 Å². The van der Waals surface area contributed by atoms with E-state index in [-0.39, 0.29) is 11.8 Å². The highest BCUT2D eigenvalue weighted by molar-refractivity contribution is 6.40. The van der Waals surface area contributed by atoms with Crippen LogP contribution in [0.2, 0.25) is 0 Å². The van der Waals surface area contributed by atoms with Crippen molar-refractivity contribution in [3.05, 3.63) is 59.7 Å². The molecule has 124 valence electrons. The van der Waals surface area contributed by atoms with Crippen molar-refractivity contribution in [1.82, 2.24) is 5.32 Å². The van der Waals surface area contributed by atoms with Gasteiger partial charge in [-0.1, -0.05) is 30.3 Å². The fourth-order valence-electron chi connectivity index (χ4n) is 3.04. The van der Waals surface area contributed by atoms with Gasteiger partial charge in [0.1, 0.15) is 5.75 Å². The number of hydrogen-bond donors (Lipinski definition) is 2. The number of phenolic OH excluding ortho intramolecular Hbond substituents is 1. The molecule has 0 aromatic heterocycles. The van der Waals surface area contributed by atoms with E-state index in [2.05, 4.69) is 5.32 Å². The Balaban J connectivity index is 1.59. The Hall–Kier alpha value is -2.82. The van der Waals surface area contributed by atoms with Crippen LogP contribution in [0.3, 0.4) is 0 Å². The van der Waals surface area contributed by atoms with Crippen LogP contribution < -0.4 is 10.2 Å². The van der Waals surface area contributed by atoms with Gasteiger partial charge in [-0.2, -0.15) is 0 Å². The molecule has 1 aliphatic heterocycles. The van der Waals surface area contributed by atoms with E-state index < -0.39 is 11.8 Å². The number of aromatic hydroxyl groups is 1. The van der Waals surface area contributed by atoms with Gasteiger partial charge in [0.05, 0.1) is 0 Å². The quantitative estimate of drug-likeness (QED) is 0.849.